The van der Waals surface area contributed by atoms with Gasteiger partial charge in [-0.25, -0.2) is 4.98 Å². The van der Waals surface area contributed by atoms with Gasteiger partial charge in [0.2, 0.25) is 0 Å². The molecule has 1 N–H and O–H groups in total. The Morgan fingerprint density at radius 3 is 3.05 bits per heavy atom. The van der Waals surface area contributed by atoms with Gasteiger partial charge in [-0.15, -0.1) is 0 Å². The Hall–Kier alpha value is -1.65. The van der Waals surface area contributed by atoms with E-state index >= 15 is 0 Å². The Kier molecular flexibility index (Phi) is 3.05. The van der Waals surface area contributed by atoms with Gasteiger partial charge in [-0.2, -0.15) is 0 Å². The van der Waals surface area contributed by atoms with Crippen molar-refractivity contribution in [2.45, 2.75) is 32.1 Å². The molecule has 2 aliphatic heterocycles. The molecule has 4 rings (SSSR count). The first-order chi connectivity index (χ1) is 9.88. The summed E-state index contributed by atoms with van der Waals surface area (Å²) in [6.45, 7) is 5.29. The number of hydrogen-bond acceptors (Lipinski definition) is 3. The minimum atomic E-state index is 0.561. The van der Waals surface area contributed by atoms with Crippen molar-refractivity contribution in [3.63, 3.8) is 0 Å². The lowest BCUT2D eigenvalue weighted by molar-refractivity contribution is 0.190. The monoisotopic (exact) mass is 268 g/mol. The lowest BCUT2D eigenvalue weighted by atomic mass is 9.95. The SMILES string of the molecule is c1ccc2c(c1)CNC(CN1CCn3ccnc3C1)C2. The molecule has 3 heterocycles. The summed E-state index contributed by atoms with van der Waals surface area (Å²) in [6.07, 6.45) is 5.14. The first kappa shape index (κ1) is 12.1. The van der Waals surface area contributed by atoms with Crippen LogP contribution in [0.5, 0.6) is 0 Å². The molecule has 0 spiro atoms. The number of rotatable bonds is 2. The minimum absolute atomic E-state index is 0.561. The van der Waals surface area contributed by atoms with Crippen LogP contribution in [-0.4, -0.2) is 33.6 Å². The summed E-state index contributed by atoms with van der Waals surface area (Å²) >= 11 is 0. The Balaban J connectivity index is 1.42. The smallest absolute Gasteiger partial charge is 0.122 e. The van der Waals surface area contributed by atoms with Crippen molar-refractivity contribution in [1.29, 1.82) is 0 Å². The Labute approximate surface area is 119 Å². The summed E-state index contributed by atoms with van der Waals surface area (Å²) in [5.74, 6) is 1.20. The van der Waals surface area contributed by atoms with E-state index in [9.17, 15) is 0 Å². The normalized spacial score (nSPS) is 22.3. The zero-order valence-corrected chi connectivity index (χ0v) is 11.6. The molecule has 0 radical (unpaired) electrons. The summed E-state index contributed by atoms with van der Waals surface area (Å²) in [6, 6.07) is 9.35. The molecule has 0 aliphatic carbocycles. The van der Waals surface area contributed by atoms with E-state index < -0.39 is 0 Å². The molecule has 1 unspecified atom stereocenters. The fraction of sp³-hybridized carbons (Fsp3) is 0.438. The van der Waals surface area contributed by atoms with Crippen LogP contribution in [0.15, 0.2) is 36.7 Å². The van der Waals surface area contributed by atoms with Crippen LogP contribution < -0.4 is 5.32 Å². The molecule has 4 heteroatoms. The zero-order chi connectivity index (χ0) is 13.4. The summed E-state index contributed by atoms with van der Waals surface area (Å²) in [7, 11) is 0. The number of fused-ring (bicyclic) bond motifs is 2. The predicted molar refractivity (Wildman–Crippen MR) is 78.3 cm³/mol. The van der Waals surface area contributed by atoms with Crippen LogP contribution in [0.25, 0.3) is 0 Å². The Morgan fingerprint density at radius 2 is 2.10 bits per heavy atom. The maximum atomic E-state index is 4.44. The van der Waals surface area contributed by atoms with E-state index in [1.807, 2.05) is 6.20 Å². The average Bonchev–Trinajstić information content (AvgIpc) is 2.95. The molecule has 0 saturated carbocycles. The molecular formula is C16H20N4. The van der Waals surface area contributed by atoms with E-state index in [1.54, 1.807) is 0 Å². The van der Waals surface area contributed by atoms with Gasteiger partial charge in [0, 0.05) is 44.6 Å². The molecule has 0 bridgehead atoms. The molecule has 1 aromatic carbocycles. The second-order valence-corrected chi connectivity index (χ2v) is 5.82. The van der Waals surface area contributed by atoms with Gasteiger partial charge < -0.3 is 9.88 Å². The number of imidazole rings is 1. The van der Waals surface area contributed by atoms with Gasteiger partial charge in [-0.1, -0.05) is 24.3 Å². The van der Waals surface area contributed by atoms with Gasteiger partial charge in [0.15, 0.2) is 0 Å². The maximum Gasteiger partial charge on any atom is 0.122 e. The number of aromatic nitrogens is 2. The van der Waals surface area contributed by atoms with Crippen molar-refractivity contribution in [1.82, 2.24) is 19.8 Å². The third kappa shape index (κ3) is 2.25. The molecule has 0 saturated heterocycles. The van der Waals surface area contributed by atoms with Crippen molar-refractivity contribution < 1.29 is 0 Å². The van der Waals surface area contributed by atoms with Crippen molar-refractivity contribution in [3.8, 4) is 0 Å². The predicted octanol–water partition coefficient (Wildman–Crippen LogP) is 1.41. The highest BCUT2D eigenvalue weighted by Crippen LogP contribution is 2.18. The van der Waals surface area contributed by atoms with Crippen molar-refractivity contribution in [3.05, 3.63) is 53.6 Å². The van der Waals surface area contributed by atoms with Crippen LogP contribution in [0.2, 0.25) is 0 Å². The van der Waals surface area contributed by atoms with E-state index in [2.05, 4.69) is 50.2 Å². The first-order valence-corrected chi connectivity index (χ1v) is 7.41. The van der Waals surface area contributed by atoms with Gasteiger partial charge in [0.05, 0.1) is 6.54 Å². The number of hydrogen-bond donors (Lipinski definition) is 1. The van der Waals surface area contributed by atoms with Gasteiger partial charge in [0.1, 0.15) is 5.82 Å². The lowest BCUT2D eigenvalue weighted by Gasteiger charge is -2.33. The van der Waals surface area contributed by atoms with Crippen LogP contribution in [0.3, 0.4) is 0 Å². The molecular weight excluding hydrogens is 248 g/mol. The molecule has 104 valence electrons. The molecule has 1 aromatic heterocycles. The number of nitrogens with one attached hydrogen (secondary N) is 1. The quantitative estimate of drug-likeness (QED) is 0.894. The van der Waals surface area contributed by atoms with Gasteiger partial charge in [-0.3, -0.25) is 4.90 Å². The van der Waals surface area contributed by atoms with E-state index in [-0.39, 0.29) is 0 Å². The van der Waals surface area contributed by atoms with Crippen molar-refractivity contribution in [2.24, 2.45) is 0 Å². The number of nitrogens with zero attached hydrogens (tertiary/aromatic N) is 3. The highest BCUT2D eigenvalue weighted by atomic mass is 15.2. The largest absolute Gasteiger partial charge is 0.333 e. The highest BCUT2D eigenvalue weighted by Gasteiger charge is 2.23. The standard InChI is InChI=1S/C16H20N4/c1-2-4-14-10-18-15(9-13(14)3-1)11-19-7-8-20-6-5-17-16(20)12-19/h1-6,15,18H,7-12H2. The third-order valence-corrected chi connectivity index (χ3v) is 4.47. The van der Waals surface area contributed by atoms with Crippen molar-refractivity contribution in [2.75, 3.05) is 13.1 Å². The Bertz CT molecular complexity index is 604. The lowest BCUT2D eigenvalue weighted by Crippen LogP contribution is -2.46. The zero-order valence-electron chi connectivity index (χ0n) is 11.6. The average molecular weight is 268 g/mol. The van der Waals surface area contributed by atoms with E-state index in [0.717, 1.165) is 39.1 Å². The van der Waals surface area contributed by atoms with Gasteiger partial charge in [0.25, 0.3) is 0 Å². The molecule has 0 fully saturated rings. The third-order valence-electron chi connectivity index (χ3n) is 4.47. The van der Waals surface area contributed by atoms with Crippen LogP contribution >= 0.6 is 0 Å². The fourth-order valence-electron chi connectivity index (χ4n) is 3.34. The summed E-state index contributed by atoms with van der Waals surface area (Å²) in [5.41, 5.74) is 2.97. The second-order valence-electron chi connectivity index (χ2n) is 5.82. The van der Waals surface area contributed by atoms with E-state index in [4.69, 9.17) is 0 Å². The van der Waals surface area contributed by atoms with Gasteiger partial charge in [-0.05, 0) is 17.5 Å². The van der Waals surface area contributed by atoms with Crippen LogP contribution in [0, 0.1) is 0 Å². The number of benzene rings is 1. The fourth-order valence-corrected chi connectivity index (χ4v) is 3.34. The molecule has 0 amide bonds. The van der Waals surface area contributed by atoms with Crippen LogP contribution in [-0.2, 0) is 26.1 Å². The first-order valence-electron chi connectivity index (χ1n) is 7.41. The summed E-state index contributed by atoms with van der Waals surface area (Å²) in [4.78, 5) is 6.96. The molecule has 20 heavy (non-hydrogen) atoms. The topological polar surface area (TPSA) is 33.1 Å². The van der Waals surface area contributed by atoms with Crippen LogP contribution in [0.1, 0.15) is 17.0 Å². The van der Waals surface area contributed by atoms with Crippen molar-refractivity contribution >= 4 is 0 Å². The molecule has 2 aliphatic rings. The van der Waals surface area contributed by atoms with E-state index in [0.29, 0.717) is 6.04 Å². The Morgan fingerprint density at radius 1 is 1.20 bits per heavy atom. The maximum absolute atomic E-state index is 4.44. The molecule has 2 aromatic rings. The summed E-state index contributed by atoms with van der Waals surface area (Å²) < 4.78 is 2.26. The highest BCUT2D eigenvalue weighted by molar-refractivity contribution is 5.30. The molecule has 4 nitrogen and oxygen atoms in total. The van der Waals surface area contributed by atoms with E-state index in [1.165, 1.54) is 17.0 Å². The summed E-state index contributed by atoms with van der Waals surface area (Å²) in [5, 5.41) is 3.67. The minimum Gasteiger partial charge on any atom is -0.333 e. The van der Waals surface area contributed by atoms with Crippen LogP contribution in [0.4, 0.5) is 0 Å². The van der Waals surface area contributed by atoms with Gasteiger partial charge >= 0.3 is 0 Å². The molecule has 1 atom stereocenters. The second kappa shape index (κ2) is 5.04.